The summed E-state index contributed by atoms with van der Waals surface area (Å²) < 4.78 is 10.9. The lowest BCUT2D eigenvalue weighted by molar-refractivity contribution is 0.0963. The third-order valence-electron chi connectivity index (χ3n) is 4.28. The number of carbonyl (C=O) groups is 1. The monoisotopic (exact) mass is 382 g/mol. The van der Waals surface area contributed by atoms with Crippen molar-refractivity contribution in [1.82, 2.24) is 20.4 Å². The predicted octanol–water partition coefficient (Wildman–Crippen LogP) is 3.52. The Balaban J connectivity index is 1.75. The first-order valence-electron chi connectivity index (χ1n) is 9.24. The van der Waals surface area contributed by atoms with Crippen LogP contribution < -0.4 is 5.32 Å². The molecule has 0 aliphatic rings. The summed E-state index contributed by atoms with van der Waals surface area (Å²) in [4.78, 5) is 18.4. The maximum Gasteiger partial charge on any atom is 0.251 e. The van der Waals surface area contributed by atoms with E-state index in [-0.39, 0.29) is 11.3 Å². The maximum atomic E-state index is 11.7. The number of nitrogens with zero attached hydrogens (tertiary/aromatic N) is 3. The molecular formula is C21H26N4O3. The summed E-state index contributed by atoms with van der Waals surface area (Å²) in [6.45, 7) is 7.92. The molecule has 3 rings (SSSR count). The van der Waals surface area contributed by atoms with Crippen LogP contribution in [0.2, 0.25) is 0 Å². The molecule has 0 bridgehead atoms. The van der Waals surface area contributed by atoms with Crippen LogP contribution in [0.1, 0.15) is 54.2 Å². The van der Waals surface area contributed by atoms with Gasteiger partial charge in [0.15, 0.2) is 5.82 Å². The molecule has 0 aliphatic carbocycles. The molecule has 7 heteroatoms. The Bertz CT molecular complexity index is 893. The van der Waals surface area contributed by atoms with Crippen molar-refractivity contribution in [2.45, 2.75) is 45.8 Å². The van der Waals surface area contributed by atoms with Crippen LogP contribution in [0.5, 0.6) is 0 Å². The molecule has 2 aromatic heterocycles. The van der Waals surface area contributed by atoms with Crippen LogP contribution in [0.15, 0.2) is 51.6 Å². The summed E-state index contributed by atoms with van der Waals surface area (Å²) in [5, 5.41) is 6.76. The molecule has 2 heterocycles. The van der Waals surface area contributed by atoms with Crippen molar-refractivity contribution in [3.63, 3.8) is 0 Å². The van der Waals surface area contributed by atoms with Gasteiger partial charge >= 0.3 is 0 Å². The van der Waals surface area contributed by atoms with E-state index in [1.165, 1.54) is 0 Å². The molecule has 1 aromatic carbocycles. The molecule has 3 aromatic rings. The molecule has 7 nitrogen and oxygen atoms in total. The molecule has 0 radical (unpaired) electrons. The lowest BCUT2D eigenvalue weighted by Crippen LogP contribution is -2.23. The van der Waals surface area contributed by atoms with Gasteiger partial charge in [-0.25, -0.2) is 0 Å². The molecule has 0 spiro atoms. The number of aromatic nitrogens is 2. The fourth-order valence-corrected chi connectivity index (χ4v) is 2.78. The first-order valence-corrected chi connectivity index (χ1v) is 9.24. The fourth-order valence-electron chi connectivity index (χ4n) is 2.78. The van der Waals surface area contributed by atoms with E-state index in [4.69, 9.17) is 8.94 Å². The Morgan fingerprint density at radius 3 is 2.43 bits per heavy atom. The Hall–Kier alpha value is -2.93. The van der Waals surface area contributed by atoms with E-state index >= 15 is 0 Å². The van der Waals surface area contributed by atoms with Crippen molar-refractivity contribution >= 4 is 5.91 Å². The van der Waals surface area contributed by atoms with Gasteiger partial charge in [-0.05, 0) is 29.8 Å². The van der Waals surface area contributed by atoms with Crippen molar-refractivity contribution in [3.8, 4) is 0 Å². The topological polar surface area (TPSA) is 84.4 Å². The number of rotatable bonds is 7. The van der Waals surface area contributed by atoms with Gasteiger partial charge in [0.1, 0.15) is 5.76 Å². The quantitative estimate of drug-likeness (QED) is 0.673. The number of nitrogens with one attached hydrogen (secondary N) is 1. The highest BCUT2D eigenvalue weighted by Crippen LogP contribution is 2.21. The van der Waals surface area contributed by atoms with E-state index in [0.29, 0.717) is 36.9 Å². The van der Waals surface area contributed by atoms with Crippen molar-refractivity contribution in [3.05, 3.63) is 71.3 Å². The normalized spacial score (nSPS) is 11.8. The molecule has 1 N–H and O–H groups in total. The van der Waals surface area contributed by atoms with E-state index < -0.39 is 0 Å². The second kappa shape index (κ2) is 8.39. The molecule has 148 valence electrons. The summed E-state index contributed by atoms with van der Waals surface area (Å²) in [5.74, 6) is 2.02. The van der Waals surface area contributed by atoms with Crippen LogP contribution in [0.25, 0.3) is 0 Å². The number of amides is 1. The van der Waals surface area contributed by atoms with Gasteiger partial charge in [0.25, 0.3) is 5.91 Å². The van der Waals surface area contributed by atoms with E-state index in [0.717, 1.165) is 11.3 Å². The Kier molecular flexibility index (Phi) is 5.94. The summed E-state index contributed by atoms with van der Waals surface area (Å²) in [6.07, 6.45) is 1.66. The second-order valence-electron chi connectivity index (χ2n) is 7.77. The zero-order valence-electron chi connectivity index (χ0n) is 16.7. The summed E-state index contributed by atoms with van der Waals surface area (Å²) in [5.41, 5.74) is 1.53. The molecule has 0 saturated heterocycles. The summed E-state index contributed by atoms with van der Waals surface area (Å²) >= 11 is 0. The van der Waals surface area contributed by atoms with Gasteiger partial charge in [-0.15, -0.1) is 0 Å². The van der Waals surface area contributed by atoms with Crippen molar-refractivity contribution in [1.29, 1.82) is 0 Å². The van der Waals surface area contributed by atoms with Gasteiger partial charge < -0.3 is 14.3 Å². The Morgan fingerprint density at radius 1 is 1.11 bits per heavy atom. The number of hydrogen-bond donors (Lipinski definition) is 1. The minimum atomic E-state index is -0.188. The number of furan rings is 1. The standard InChI is InChI=1S/C21H26N4O3/c1-21(2,3)20-23-18(24-28-20)14-25(13-17-6-5-11-27-17)12-15-7-9-16(10-8-15)19(26)22-4/h5-11H,12-14H2,1-4H3,(H,22,26). The van der Waals surface area contributed by atoms with Crippen LogP contribution in [-0.4, -0.2) is 28.0 Å². The van der Waals surface area contributed by atoms with Crippen molar-refractivity contribution in [2.75, 3.05) is 7.05 Å². The van der Waals surface area contributed by atoms with Gasteiger partial charge in [0, 0.05) is 24.6 Å². The van der Waals surface area contributed by atoms with Gasteiger partial charge in [0.2, 0.25) is 5.89 Å². The van der Waals surface area contributed by atoms with Crippen molar-refractivity contribution in [2.24, 2.45) is 0 Å². The largest absolute Gasteiger partial charge is 0.468 e. The smallest absolute Gasteiger partial charge is 0.251 e. The fraction of sp³-hybridized carbons (Fsp3) is 0.381. The SMILES string of the molecule is CNC(=O)c1ccc(CN(Cc2noc(C(C)(C)C)n2)Cc2ccco2)cc1. The Morgan fingerprint density at radius 2 is 1.86 bits per heavy atom. The van der Waals surface area contributed by atoms with E-state index in [2.05, 4.69) is 20.4 Å². The summed E-state index contributed by atoms with van der Waals surface area (Å²) in [6, 6.07) is 11.4. The van der Waals surface area contributed by atoms with E-state index in [1.807, 2.05) is 57.2 Å². The first kappa shape index (κ1) is 19.8. The zero-order chi connectivity index (χ0) is 20.1. The van der Waals surface area contributed by atoms with Gasteiger partial charge in [-0.2, -0.15) is 4.98 Å². The van der Waals surface area contributed by atoms with Crippen LogP contribution in [0.4, 0.5) is 0 Å². The van der Waals surface area contributed by atoms with Gasteiger partial charge in [0.05, 0.1) is 19.4 Å². The molecule has 0 aliphatic heterocycles. The zero-order valence-corrected chi connectivity index (χ0v) is 16.7. The minimum absolute atomic E-state index is 0.0968. The predicted molar refractivity (Wildman–Crippen MR) is 104 cm³/mol. The third kappa shape index (κ3) is 5.07. The highest BCUT2D eigenvalue weighted by Gasteiger charge is 2.22. The minimum Gasteiger partial charge on any atom is -0.468 e. The highest BCUT2D eigenvalue weighted by molar-refractivity contribution is 5.93. The average molecular weight is 382 g/mol. The average Bonchev–Trinajstić information content (AvgIpc) is 3.33. The molecule has 0 saturated carbocycles. The van der Waals surface area contributed by atoms with E-state index in [1.54, 1.807) is 13.3 Å². The van der Waals surface area contributed by atoms with Crippen LogP contribution in [0.3, 0.4) is 0 Å². The number of carbonyl (C=O) groups excluding carboxylic acids is 1. The second-order valence-corrected chi connectivity index (χ2v) is 7.77. The molecule has 28 heavy (non-hydrogen) atoms. The van der Waals surface area contributed by atoms with Gasteiger partial charge in [-0.1, -0.05) is 38.1 Å². The first-order chi connectivity index (χ1) is 13.3. The lowest BCUT2D eigenvalue weighted by atomic mass is 9.97. The molecule has 0 unspecified atom stereocenters. The number of benzene rings is 1. The van der Waals surface area contributed by atoms with Gasteiger partial charge in [-0.3, -0.25) is 9.69 Å². The molecule has 0 atom stereocenters. The van der Waals surface area contributed by atoms with Crippen LogP contribution >= 0.6 is 0 Å². The van der Waals surface area contributed by atoms with Crippen LogP contribution in [-0.2, 0) is 25.0 Å². The molecular weight excluding hydrogens is 356 g/mol. The molecule has 1 amide bonds. The highest BCUT2D eigenvalue weighted by atomic mass is 16.5. The van der Waals surface area contributed by atoms with Crippen LogP contribution in [0, 0.1) is 0 Å². The lowest BCUT2D eigenvalue weighted by Gasteiger charge is -2.20. The Labute approximate surface area is 164 Å². The maximum absolute atomic E-state index is 11.7. The summed E-state index contributed by atoms with van der Waals surface area (Å²) in [7, 11) is 1.62. The number of hydrogen-bond acceptors (Lipinski definition) is 6. The van der Waals surface area contributed by atoms with E-state index in [9.17, 15) is 4.79 Å². The molecule has 0 fully saturated rings. The third-order valence-corrected chi connectivity index (χ3v) is 4.28. The van der Waals surface area contributed by atoms with Crippen molar-refractivity contribution < 1.29 is 13.7 Å².